The van der Waals surface area contributed by atoms with Gasteiger partial charge in [-0.2, -0.15) is 0 Å². The summed E-state index contributed by atoms with van der Waals surface area (Å²) in [7, 11) is 1.60. The summed E-state index contributed by atoms with van der Waals surface area (Å²) in [5.41, 5.74) is 2.98. The smallest absolute Gasteiger partial charge is 0.354 e. The van der Waals surface area contributed by atoms with E-state index in [1.54, 1.807) is 11.7 Å². The predicted octanol–water partition coefficient (Wildman–Crippen LogP) is 4.17. The Morgan fingerprint density at radius 1 is 1.20 bits per heavy atom. The van der Waals surface area contributed by atoms with E-state index < -0.39 is 5.97 Å². The van der Waals surface area contributed by atoms with Crippen molar-refractivity contribution in [3.8, 4) is 17.1 Å². The third-order valence-corrected chi connectivity index (χ3v) is 4.28. The Bertz CT molecular complexity index is 901. The number of hydrogen-bond acceptors (Lipinski definition) is 3. The highest BCUT2D eigenvalue weighted by Crippen LogP contribution is 2.34. The van der Waals surface area contributed by atoms with Crippen LogP contribution in [-0.2, 0) is 0 Å². The van der Waals surface area contributed by atoms with Crippen LogP contribution in [0.15, 0.2) is 54.7 Å². The van der Waals surface area contributed by atoms with Crippen molar-refractivity contribution in [2.75, 3.05) is 7.11 Å². The van der Waals surface area contributed by atoms with E-state index in [0.717, 1.165) is 16.7 Å². The van der Waals surface area contributed by atoms with Gasteiger partial charge in [-0.25, -0.2) is 9.78 Å². The van der Waals surface area contributed by atoms with E-state index >= 15 is 0 Å². The number of carboxylic acids is 1. The molecule has 5 heteroatoms. The van der Waals surface area contributed by atoms with E-state index in [1.165, 1.54) is 6.20 Å². The molecule has 25 heavy (non-hydrogen) atoms. The average molecular weight is 336 g/mol. The highest BCUT2D eigenvalue weighted by atomic mass is 16.5. The van der Waals surface area contributed by atoms with Gasteiger partial charge in [0.05, 0.1) is 24.9 Å². The van der Waals surface area contributed by atoms with Gasteiger partial charge in [0.25, 0.3) is 0 Å². The van der Waals surface area contributed by atoms with Crippen LogP contribution in [0.3, 0.4) is 0 Å². The van der Waals surface area contributed by atoms with Gasteiger partial charge in [-0.05, 0) is 31.5 Å². The molecule has 0 bridgehead atoms. The molecule has 0 radical (unpaired) electrons. The molecule has 1 aromatic heterocycles. The van der Waals surface area contributed by atoms with Crippen LogP contribution in [0, 0.1) is 6.92 Å². The van der Waals surface area contributed by atoms with Gasteiger partial charge in [-0.1, -0.05) is 42.0 Å². The van der Waals surface area contributed by atoms with E-state index in [0.29, 0.717) is 11.6 Å². The molecule has 0 saturated carbocycles. The van der Waals surface area contributed by atoms with Crippen LogP contribution in [0.2, 0.25) is 0 Å². The standard InChI is InChI=1S/C20H20N2O3/c1-13-9-10-18(25-3)16(11-13)19-21-12-17(20(23)24)22(19)14(2)15-7-5-4-6-8-15/h4-12,14H,1-3H3,(H,23,24)/t14-/m1/s1. The van der Waals surface area contributed by atoms with Gasteiger partial charge >= 0.3 is 5.97 Å². The molecule has 1 heterocycles. The van der Waals surface area contributed by atoms with Crippen LogP contribution in [0.25, 0.3) is 11.4 Å². The first-order chi connectivity index (χ1) is 12.0. The van der Waals surface area contributed by atoms with Crippen LogP contribution >= 0.6 is 0 Å². The highest BCUT2D eigenvalue weighted by Gasteiger charge is 2.23. The molecule has 0 unspecified atom stereocenters. The fraction of sp³-hybridized carbons (Fsp3) is 0.200. The Balaban J connectivity index is 2.23. The van der Waals surface area contributed by atoms with Crippen molar-refractivity contribution in [2.24, 2.45) is 0 Å². The number of hydrogen-bond donors (Lipinski definition) is 1. The van der Waals surface area contributed by atoms with Crippen molar-refractivity contribution in [1.29, 1.82) is 0 Å². The molecular formula is C20H20N2O3. The van der Waals surface area contributed by atoms with E-state index in [9.17, 15) is 9.90 Å². The molecule has 1 atom stereocenters. The Hall–Kier alpha value is -3.08. The predicted molar refractivity (Wildman–Crippen MR) is 96.2 cm³/mol. The maximum Gasteiger partial charge on any atom is 0.354 e. The molecule has 0 saturated heterocycles. The van der Waals surface area contributed by atoms with Gasteiger partial charge < -0.3 is 14.4 Å². The van der Waals surface area contributed by atoms with Crippen molar-refractivity contribution in [1.82, 2.24) is 9.55 Å². The van der Waals surface area contributed by atoms with Crippen LogP contribution < -0.4 is 4.74 Å². The van der Waals surface area contributed by atoms with E-state index in [2.05, 4.69) is 4.98 Å². The zero-order valence-corrected chi connectivity index (χ0v) is 14.4. The lowest BCUT2D eigenvalue weighted by atomic mass is 10.1. The van der Waals surface area contributed by atoms with Crippen LogP contribution in [0.4, 0.5) is 0 Å². The SMILES string of the molecule is COc1ccc(C)cc1-c1ncc(C(=O)O)n1[C@H](C)c1ccccc1. The summed E-state index contributed by atoms with van der Waals surface area (Å²) in [6.07, 6.45) is 1.40. The fourth-order valence-corrected chi connectivity index (χ4v) is 2.99. The summed E-state index contributed by atoms with van der Waals surface area (Å²) in [5, 5.41) is 9.61. The molecule has 0 aliphatic heterocycles. The van der Waals surface area contributed by atoms with Crippen LogP contribution in [-0.4, -0.2) is 27.7 Å². The first kappa shape index (κ1) is 16.8. The zero-order valence-electron chi connectivity index (χ0n) is 14.4. The van der Waals surface area contributed by atoms with E-state index in [4.69, 9.17) is 4.74 Å². The number of aromatic carboxylic acids is 1. The number of methoxy groups -OCH3 is 1. The third-order valence-electron chi connectivity index (χ3n) is 4.28. The van der Waals surface area contributed by atoms with Gasteiger partial charge in [0.15, 0.2) is 0 Å². The quantitative estimate of drug-likeness (QED) is 0.759. The summed E-state index contributed by atoms with van der Waals surface area (Å²) in [6.45, 7) is 3.95. The lowest BCUT2D eigenvalue weighted by Gasteiger charge is -2.20. The number of carbonyl (C=O) groups is 1. The number of carboxylic acid groups (broad SMARTS) is 1. The van der Waals surface area contributed by atoms with Gasteiger partial charge in [0, 0.05) is 0 Å². The second kappa shape index (κ2) is 6.81. The molecule has 0 fully saturated rings. The second-order valence-corrected chi connectivity index (χ2v) is 5.93. The molecule has 0 aliphatic carbocycles. The number of benzene rings is 2. The molecule has 2 aromatic carbocycles. The minimum absolute atomic E-state index is 0.148. The summed E-state index contributed by atoms with van der Waals surface area (Å²) in [6, 6.07) is 15.4. The van der Waals surface area contributed by atoms with Gasteiger partial charge in [-0.3, -0.25) is 0 Å². The molecule has 0 spiro atoms. The first-order valence-corrected chi connectivity index (χ1v) is 8.03. The Morgan fingerprint density at radius 3 is 2.56 bits per heavy atom. The second-order valence-electron chi connectivity index (χ2n) is 5.93. The molecule has 3 aromatic rings. The normalized spacial score (nSPS) is 12.0. The number of aromatic nitrogens is 2. The van der Waals surface area contributed by atoms with E-state index in [1.807, 2.05) is 62.4 Å². The van der Waals surface area contributed by atoms with Crippen molar-refractivity contribution >= 4 is 5.97 Å². The Kier molecular flexibility index (Phi) is 4.57. The number of imidazole rings is 1. The summed E-state index contributed by atoms with van der Waals surface area (Å²) < 4.78 is 7.21. The van der Waals surface area contributed by atoms with Crippen molar-refractivity contribution in [2.45, 2.75) is 19.9 Å². The number of nitrogens with zero attached hydrogens (tertiary/aromatic N) is 2. The third kappa shape index (κ3) is 3.13. The molecule has 5 nitrogen and oxygen atoms in total. The monoisotopic (exact) mass is 336 g/mol. The maximum absolute atomic E-state index is 11.7. The van der Waals surface area contributed by atoms with Gasteiger partial charge in [0.2, 0.25) is 0 Å². The highest BCUT2D eigenvalue weighted by molar-refractivity contribution is 5.87. The van der Waals surface area contributed by atoms with Gasteiger partial charge in [0.1, 0.15) is 17.3 Å². The lowest BCUT2D eigenvalue weighted by Crippen LogP contribution is -2.15. The zero-order chi connectivity index (χ0) is 18.0. The van der Waals surface area contributed by atoms with Crippen molar-refractivity contribution < 1.29 is 14.6 Å². The minimum Gasteiger partial charge on any atom is -0.496 e. The van der Waals surface area contributed by atoms with E-state index in [-0.39, 0.29) is 11.7 Å². The minimum atomic E-state index is -1.01. The summed E-state index contributed by atoms with van der Waals surface area (Å²) in [5.74, 6) is 0.233. The topological polar surface area (TPSA) is 64.3 Å². The molecule has 0 amide bonds. The largest absolute Gasteiger partial charge is 0.496 e. The summed E-state index contributed by atoms with van der Waals surface area (Å²) >= 11 is 0. The number of aryl methyl sites for hydroxylation is 1. The maximum atomic E-state index is 11.7. The lowest BCUT2D eigenvalue weighted by molar-refractivity contribution is 0.0684. The first-order valence-electron chi connectivity index (χ1n) is 8.03. The average Bonchev–Trinajstić information content (AvgIpc) is 3.07. The van der Waals surface area contributed by atoms with Crippen molar-refractivity contribution in [3.63, 3.8) is 0 Å². The van der Waals surface area contributed by atoms with Crippen LogP contribution in [0.5, 0.6) is 5.75 Å². The molecule has 128 valence electrons. The number of rotatable bonds is 5. The van der Waals surface area contributed by atoms with Gasteiger partial charge in [-0.15, -0.1) is 0 Å². The fourth-order valence-electron chi connectivity index (χ4n) is 2.99. The number of ether oxygens (including phenoxy) is 1. The Morgan fingerprint density at radius 2 is 1.92 bits per heavy atom. The molecule has 1 N–H and O–H groups in total. The molecular weight excluding hydrogens is 316 g/mol. The Labute approximate surface area is 146 Å². The summed E-state index contributed by atoms with van der Waals surface area (Å²) in [4.78, 5) is 16.1. The van der Waals surface area contributed by atoms with Crippen LogP contribution in [0.1, 0.15) is 34.6 Å². The molecule has 3 rings (SSSR count). The molecule has 0 aliphatic rings. The van der Waals surface area contributed by atoms with Crippen molar-refractivity contribution in [3.05, 3.63) is 71.5 Å².